The SMILES string of the molecule is C[C@H]1CN(S(=O)(=O)N(C)Cc2c(F)cccc2Cl)CCN1.Cl. The molecule has 9 heteroatoms. The molecule has 1 atom stereocenters. The molecule has 1 aromatic rings. The van der Waals surface area contributed by atoms with E-state index in [-0.39, 0.29) is 35.6 Å². The van der Waals surface area contributed by atoms with E-state index in [4.69, 9.17) is 11.6 Å². The molecule has 1 heterocycles. The van der Waals surface area contributed by atoms with Crippen LogP contribution >= 0.6 is 24.0 Å². The molecule has 0 aromatic heterocycles. The van der Waals surface area contributed by atoms with Crippen molar-refractivity contribution in [1.29, 1.82) is 0 Å². The zero-order valence-electron chi connectivity index (χ0n) is 12.4. The molecule has 5 nitrogen and oxygen atoms in total. The van der Waals surface area contributed by atoms with Gasteiger partial charge in [-0.15, -0.1) is 12.4 Å². The second-order valence-electron chi connectivity index (χ2n) is 5.18. The largest absolute Gasteiger partial charge is 0.312 e. The van der Waals surface area contributed by atoms with Gasteiger partial charge >= 0.3 is 0 Å². The average Bonchev–Trinajstić information content (AvgIpc) is 2.42. The minimum Gasteiger partial charge on any atom is -0.312 e. The maximum absolute atomic E-state index is 13.8. The van der Waals surface area contributed by atoms with Gasteiger partial charge in [-0.1, -0.05) is 17.7 Å². The van der Waals surface area contributed by atoms with E-state index < -0.39 is 16.0 Å². The van der Waals surface area contributed by atoms with Crippen molar-refractivity contribution in [1.82, 2.24) is 13.9 Å². The van der Waals surface area contributed by atoms with Gasteiger partial charge in [0.15, 0.2) is 0 Å². The van der Waals surface area contributed by atoms with Crippen LogP contribution in [0.25, 0.3) is 0 Å². The molecule has 2 rings (SSSR count). The van der Waals surface area contributed by atoms with Crippen LogP contribution in [-0.2, 0) is 16.8 Å². The van der Waals surface area contributed by atoms with Crippen molar-refractivity contribution >= 4 is 34.2 Å². The lowest BCUT2D eigenvalue weighted by molar-refractivity contribution is 0.287. The number of piperazine rings is 1. The maximum Gasteiger partial charge on any atom is 0.282 e. The van der Waals surface area contributed by atoms with Gasteiger partial charge in [0.1, 0.15) is 5.82 Å². The molecule has 0 unspecified atom stereocenters. The highest BCUT2D eigenvalue weighted by molar-refractivity contribution is 7.86. The Hall–Kier alpha value is -0.440. The van der Waals surface area contributed by atoms with Crippen LogP contribution in [0.3, 0.4) is 0 Å². The first-order chi connectivity index (χ1) is 9.82. The number of rotatable bonds is 4. The highest BCUT2D eigenvalue weighted by atomic mass is 35.5. The van der Waals surface area contributed by atoms with E-state index in [0.717, 1.165) is 4.31 Å². The maximum atomic E-state index is 13.8. The summed E-state index contributed by atoms with van der Waals surface area (Å²) in [7, 11) is -2.19. The molecule has 0 aliphatic carbocycles. The molecule has 126 valence electrons. The van der Waals surface area contributed by atoms with Crippen molar-refractivity contribution < 1.29 is 12.8 Å². The van der Waals surface area contributed by atoms with Gasteiger partial charge in [0.2, 0.25) is 0 Å². The molecule has 22 heavy (non-hydrogen) atoms. The van der Waals surface area contributed by atoms with E-state index in [1.165, 1.54) is 23.5 Å². The van der Waals surface area contributed by atoms with Crippen molar-refractivity contribution in [3.8, 4) is 0 Å². The molecule has 1 aromatic carbocycles. The number of hydrogen-bond acceptors (Lipinski definition) is 3. The van der Waals surface area contributed by atoms with E-state index in [0.29, 0.717) is 19.6 Å². The second-order valence-corrected chi connectivity index (χ2v) is 7.62. The van der Waals surface area contributed by atoms with Gasteiger partial charge in [0.05, 0.1) is 0 Å². The Labute approximate surface area is 142 Å². The van der Waals surface area contributed by atoms with Gasteiger partial charge in [-0.3, -0.25) is 0 Å². The molecular weight excluding hydrogens is 352 g/mol. The number of hydrogen-bond donors (Lipinski definition) is 1. The van der Waals surface area contributed by atoms with Crippen LogP contribution in [0.4, 0.5) is 4.39 Å². The third-order valence-corrected chi connectivity index (χ3v) is 5.75. The Morgan fingerprint density at radius 1 is 1.50 bits per heavy atom. The minimum absolute atomic E-state index is 0. The molecule has 1 aliphatic rings. The predicted octanol–water partition coefficient (Wildman–Crippen LogP) is 1.87. The fraction of sp³-hybridized carbons (Fsp3) is 0.538. The van der Waals surface area contributed by atoms with Gasteiger partial charge in [-0.2, -0.15) is 17.0 Å². The highest BCUT2D eigenvalue weighted by Gasteiger charge is 2.31. The monoisotopic (exact) mass is 371 g/mol. The minimum atomic E-state index is -3.63. The molecule has 1 N–H and O–H groups in total. The summed E-state index contributed by atoms with van der Waals surface area (Å²) in [5, 5.41) is 3.41. The van der Waals surface area contributed by atoms with Gasteiger partial charge in [0.25, 0.3) is 10.2 Å². The quantitative estimate of drug-likeness (QED) is 0.878. The Balaban J connectivity index is 0.00000242. The Bertz CT molecular complexity index is 595. The molecule has 1 fully saturated rings. The normalized spacial score (nSPS) is 20.0. The molecule has 0 saturated carbocycles. The first-order valence-electron chi connectivity index (χ1n) is 6.70. The Morgan fingerprint density at radius 3 is 2.77 bits per heavy atom. The van der Waals surface area contributed by atoms with Crippen LogP contribution in [0, 0.1) is 5.82 Å². The van der Waals surface area contributed by atoms with Crippen molar-refractivity contribution in [3.05, 3.63) is 34.6 Å². The highest BCUT2D eigenvalue weighted by Crippen LogP contribution is 2.22. The number of benzene rings is 1. The third-order valence-electron chi connectivity index (χ3n) is 3.49. The first-order valence-corrected chi connectivity index (χ1v) is 8.47. The van der Waals surface area contributed by atoms with E-state index in [2.05, 4.69) is 5.32 Å². The van der Waals surface area contributed by atoms with E-state index >= 15 is 0 Å². The van der Waals surface area contributed by atoms with Crippen molar-refractivity contribution in [3.63, 3.8) is 0 Å². The van der Waals surface area contributed by atoms with Crippen molar-refractivity contribution in [2.45, 2.75) is 19.5 Å². The van der Waals surface area contributed by atoms with Crippen LogP contribution in [0.15, 0.2) is 18.2 Å². The number of halogens is 3. The summed E-state index contributed by atoms with van der Waals surface area (Å²) in [4.78, 5) is 0. The Kier molecular flexibility index (Phi) is 7.04. The van der Waals surface area contributed by atoms with Crippen molar-refractivity contribution in [2.24, 2.45) is 0 Å². The fourth-order valence-electron chi connectivity index (χ4n) is 2.29. The van der Waals surface area contributed by atoms with Crippen LogP contribution in [-0.4, -0.2) is 49.8 Å². The summed E-state index contributed by atoms with van der Waals surface area (Å²) in [5.74, 6) is -0.502. The zero-order valence-corrected chi connectivity index (χ0v) is 14.8. The molecule has 0 spiro atoms. The molecule has 1 aliphatic heterocycles. The van der Waals surface area contributed by atoms with Crippen LogP contribution in [0.1, 0.15) is 12.5 Å². The Morgan fingerprint density at radius 2 is 2.18 bits per heavy atom. The van der Waals surface area contributed by atoms with E-state index in [1.807, 2.05) is 6.92 Å². The van der Waals surface area contributed by atoms with Crippen LogP contribution < -0.4 is 5.32 Å². The topological polar surface area (TPSA) is 52.7 Å². The zero-order chi connectivity index (χ0) is 15.6. The molecule has 1 saturated heterocycles. The third kappa shape index (κ3) is 4.31. The van der Waals surface area contributed by atoms with Crippen LogP contribution in [0.5, 0.6) is 0 Å². The van der Waals surface area contributed by atoms with E-state index in [9.17, 15) is 12.8 Å². The smallest absolute Gasteiger partial charge is 0.282 e. The van der Waals surface area contributed by atoms with Crippen LogP contribution in [0.2, 0.25) is 5.02 Å². The van der Waals surface area contributed by atoms with E-state index in [1.54, 1.807) is 6.07 Å². The fourth-order valence-corrected chi connectivity index (χ4v) is 3.93. The standard InChI is InChI=1S/C13H19ClFN3O2S.ClH/c1-10-8-18(7-6-16-10)21(19,20)17(2)9-11-12(14)4-3-5-13(11)15;/h3-5,10,16H,6-9H2,1-2H3;1H/t10-;/m0./s1. The summed E-state index contributed by atoms with van der Waals surface area (Å²) in [6.07, 6.45) is 0. The number of nitrogens with zero attached hydrogens (tertiary/aromatic N) is 2. The summed E-state index contributed by atoms with van der Waals surface area (Å²) in [6.45, 7) is 3.25. The predicted molar refractivity (Wildman–Crippen MR) is 88.1 cm³/mol. The average molecular weight is 372 g/mol. The lowest BCUT2D eigenvalue weighted by atomic mass is 10.2. The molecule has 0 amide bonds. The first kappa shape index (κ1) is 19.6. The molecule has 0 radical (unpaired) electrons. The van der Waals surface area contributed by atoms with Crippen molar-refractivity contribution in [2.75, 3.05) is 26.7 Å². The lowest BCUT2D eigenvalue weighted by Gasteiger charge is -2.33. The second kappa shape index (κ2) is 7.90. The summed E-state index contributed by atoms with van der Waals surface area (Å²) < 4.78 is 41.3. The summed E-state index contributed by atoms with van der Waals surface area (Å²) in [5.41, 5.74) is 0.188. The van der Waals surface area contributed by atoms with Gasteiger partial charge in [-0.05, 0) is 19.1 Å². The number of nitrogens with one attached hydrogen (secondary N) is 1. The van der Waals surface area contributed by atoms with Gasteiger partial charge in [-0.25, -0.2) is 4.39 Å². The lowest BCUT2D eigenvalue weighted by Crippen LogP contribution is -2.54. The summed E-state index contributed by atoms with van der Waals surface area (Å²) in [6, 6.07) is 4.41. The molecular formula is C13H20Cl2FN3O2S. The van der Waals surface area contributed by atoms with Gasteiger partial charge < -0.3 is 5.32 Å². The summed E-state index contributed by atoms with van der Waals surface area (Å²) >= 11 is 5.95. The van der Waals surface area contributed by atoms with Gasteiger partial charge in [0, 0.05) is 49.9 Å². The molecule has 0 bridgehead atoms.